The molecule has 106 valence electrons. The summed E-state index contributed by atoms with van der Waals surface area (Å²) >= 11 is 0. The second-order valence-corrected chi connectivity index (χ2v) is 3.90. The maximum absolute atomic E-state index is 11.8. The molecule has 8 nitrogen and oxygen atoms in total. The Morgan fingerprint density at radius 1 is 0.952 bits per heavy atom. The van der Waals surface area contributed by atoms with Crippen LogP contribution in [0.15, 0.2) is 42.6 Å². The molecule has 1 heterocycles. The van der Waals surface area contributed by atoms with Crippen LogP contribution in [0.2, 0.25) is 0 Å². The number of hydrogen-bond acceptors (Lipinski definition) is 5. The summed E-state index contributed by atoms with van der Waals surface area (Å²) in [5, 5.41) is 16.0. The second-order valence-electron chi connectivity index (χ2n) is 3.90. The highest BCUT2D eigenvalue weighted by molar-refractivity contribution is 5.99. The van der Waals surface area contributed by atoms with Crippen molar-refractivity contribution >= 4 is 17.8 Å². The lowest BCUT2D eigenvalue weighted by atomic mass is 10.1. The average Bonchev–Trinajstić information content (AvgIpc) is 2.53. The predicted octanol–water partition coefficient (Wildman–Crippen LogP) is 0.250. The van der Waals surface area contributed by atoms with Crippen LogP contribution >= 0.6 is 0 Å². The Hall–Kier alpha value is -3.29. The summed E-state index contributed by atoms with van der Waals surface area (Å²) in [5.74, 6) is -2.42. The molecule has 8 heteroatoms. The zero-order chi connectivity index (χ0) is 15.2. The number of nitrogens with one attached hydrogen (secondary N) is 2. The molecule has 1 aromatic carbocycles. The quantitative estimate of drug-likeness (QED) is 0.695. The number of nitrogens with zero attached hydrogens (tertiary/aromatic N) is 2. The van der Waals surface area contributed by atoms with Crippen molar-refractivity contribution in [2.75, 3.05) is 0 Å². The fourth-order valence-corrected chi connectivity index (χ4v) is 1.47. The molecule has 0 unspecified atom stereocenters. The minimum atomic E-state index is -1.15. The van der Waals surface area contributed by atoms with Crippen molar-refractivity contribution in [2.45, 2.75) is 0 Å². The van der Waals surface area contributed by atoms with Gasteiger partial charge in [0.1, 0.15) is 0 Å². The predicted molar refractivity (Wildman–Crippen MR) is 70.4 cm³/mol. The summed E-state index contributed by atoms with van der Waals surface area (Å²) < 4.78 is 0. The van der Waals surface area contributed by atoms with Crippen LogP contribution in [0.3, 0.4) is 0 Å². The van der Waals surface area contributed by atoms with Gasteiger partial charge in [-0.3, -0.25) is 20.4 Å². The number of hydrogen-bond donors (Lipinski definition) is 3. The van der Waals surface area contributed by atoms with Crippen LogP contribution in [0.25, 0.3) is 0 Å². The smallest absolute Gasteiger partial charge is 0.335 e. The lowest BCUT2D eigenvalue weighted by molar-refractivity contribution is 0.0696. The van der Waals surface area contributed by atoms with E-state index in [0.29, 0.717) is 0 Å². The van der Waals surface area contributed by atoms with E-state index < -0.39 is 17.8 Å². The number of carboxylic acid groups (broad SMARTS) is 1. The van der Waals surface area contributed by atoms with E-state index in [1.165, 1.54) is 42.6 Å². The summed E-state index contributed by atoms with van der Waals surface area (Å²) in [6.07, 6.45) is 1.41. The van der Waals surface area contributed by atoms with Gasteiger partial charge in [0.05, 0.1) is 5.56 Å². The molecule has 0 aliphatic heterocycles. The highest BCUT2D eigenvalue weighted by atomic mass is 16.4. The molecule has 2 aromatic rings. The zero-order valence-electron chi connectivity index (χ0n) is 10.6. The first-order chi connectivity index (χ1) is 10.1. The maximum Gasteiger partial charge on any atom is 0.335 e. The third-order valence-corrected chi connectivity index (χ3v) is 2.47. The molecule has 0 saturated carbocycles. The van der Waals surface area contributed by atoms with Crippen LogP contribution in [0.4, 0.5) is 0 Å². The molecule has 0 bridgehead atoms. The van der Waals surface area contributed by atoms with Gasteiger partial charge in [0.15, 0.2) is 5.69 Å². The van der Waals surface area contributed by atoms with E-state index >= 15 is 0 Å². The van der Waals surface area contributed by atoms with E-state index in [0.717, 1.165) is 0 Å². The first-order valence-electron chi connectivity index (χ1n) is 5.79. The van der Waals surface area contributed by atoms with Gasteiger partial charge in [0.25, 0.3) is 11.8 Å². The van der Waals surface area contributed by atoms with Crippen LogP contribution in [0.5, 0.6) is 0 Å². The molecule has 0 spiro atoms. The van der Waals surface area contributed by atoms with E-state index in [4.69, 9.17) is 5.11 Å². The van der Waals surface area contributed by atoms with Crippen molar-refractivity contribution in [3.05, 3.63) is 59.4 Å². The van der Waals surface area contributed by atoms with Crippen molar-refractivity contribution in [1.82, 2.24) is 21.0 Å². The van der Waals surface area contributed by atoms with Crippen LogP contribution in [0, 0.1) is 0 Å². The number of carboxylic acids is 1. The lowest BCUT2D eigenvalue weighted by Crippen LogP contribution is -2.42. The van der Waals surface area contributed by atoms with Gasteiger partial charge < -0.3 is 5.11 Å². The number of rotatable bonds is 3. The Bertz CT molecular complexity index is 688. The fourth-order valence-electron chi connectivity index (χ4n) is 1.47. The molecule has 0 aliphatic carbocycles. The topological polar surface area (TPSA) is 121 Å². The van der Waals surface area contributed by atoms with Gasteiger partial charge in [-0.2, -0.15) is 5.10 Å². The molecule has 3 N–H and O–H groups in total. The number of amides is 2. The van der Waals surface area contributed by atoms with Gasteiger partial charge in [-0.15, -0.1) is 5.10 Å². The fraction of sp³-hybridized carbons (Fsp3) is 0. The third-order valence-electron chi connectivity index (χ3n) is 2.47. The summed E-state index contributed by atoms with van der Waals surface area (Å²) in [4.78, 5) is 34.2. The molecule has 0 atom stereocenters. The molecule has 1 aromatic heterocycles. The van der Waals surface area contributed by atoms with Gasteiger partial charge in [-0.1, -0.05) is 6.07 Å². The van der Waals surface area contributed by atoms with Gasteiger partial charge in [-0.25, -0.2) is 4.79 Å². The number of hydrazine groups is 1. The summed E-state index contributed by atoms with van der Waals surface area (Å²) in [6.45, 7) is 0. The van der Waals surface area contributed by atoms with Crippen LogP contribution in [-0.4, -0.2) is 33.1 Å². The van der Waals surface area contributed by atoms with Crippen molar-refractivity contribution in [3.8, 4) is 0 Å². The van der Waals surface area contributed by atoms with E-state index in [9.17, 15) is 14.4 Å². The Morgan fingerprint density at radius 3 is 2.33 bits per heavy atom. The van der Waals surface area contributed by atoms with Crippen molar-refractivity contribution < 1.29 is 19.5 Å². The van der Waals surface area contributed by atoms with Crippen molar-refractivity contribution in [1.29, 1.82) is 0 Å². The third kappa shape index (κ3) is 3.60. The van der Waals surface area contributed by atoms with Gasteiger partial charge in [-0.05, 0) is 30.3 Å². The Balaban J connectivity index is 2.01. The van der Waals surface area contributed by atoms with Crippen molar-refractivity contribution in [3.63, 3.8) is 0 Å². The summed E-state index contributed by atoms with van der Waals surface area (Å²) in [7, 11) is 0. The molecular formula is C13H10N4O4. The van der Waals surface area contributed by atoms with E-state index in [1.54, 1.807) is 0 Å². The van der Waals surface area contributed by atoms with E-state index in [-0.39, 0.29) is 16.8 Å². The second kappa shape index (κ2) is 6.24. The molecule has 2 amide bonds. The van der Waals surface area contributed by atoms with Gasteiger partial charge in [0.2, 0.25) is 0 Å². The summed E-state index contributed by atoms with van der Waals surface area (Å²) in [6, 6.07) is 8.38. The monoisotopic (exact) mass is 286 g/mol. The standard InChI is InChI=1S/C13H10N4O4/c18-11(8-3-1-4-9(7-8)13(20)21)16-17-12(19)10-5-2-6-14-15-10/h1-7H,(H,16,18)(H,17,19)(H,20,21). The molecular weight excluding hydrogens is 276 g/mol. The first-order valence-corrected chi connectivity index (χ1v) is 5.79. The largest absolute Gasteiger partial charge is 0.478 e. The SMILES string of the molecule is O=C(O)c1cccc(C(=O)NNC(=O)c2cccnn2)c1. The highest BCUT2D eigenvalue weighted by Crippen LogP contribution is 2.05. The molecule has 21 heavy (non-hydrogen) atoms. The molecule has 2 rings (SSSR count). The number of aromatic nitrogens is 2. The minimum Gasteiger partial charge on any atom is -0.478 e. The normalized spacial score (nSPS) is 9.71. The maximum atomic E-state index is 11.8. The number of aromatic carboxylic acids is 1. The number of carbonyl (C=O) groups is 3. The minimum absolute atomic E-state index is 0.0251. The average molecular weight is 286 g/mol. The summed E-state index contributed by atoms with van der Waals surface area (Å²) in [5.41, 5.74) is 4.44. The Morgan fingerprint density at radius 2 is 1.67 bits per heavy atom. The number of benzene rings is 1. The van der Waals surface area contributed by atoms with Gasteiger partial charge >= 0.3 is 5.97 Å². The van der Waals surface area contributed by atoms with Crippen molar-refractivity contribution in [2.24, 2.45) is 0 Å². The highest BCUT2D eigenvalue weighted by Gasteiger charge is 2.11. The Labute approximate surface area is 118 Å². The molecule has 0 fully saturated rings. The Kier molecular flexibility index (Phi) is 4.20. The van der Waals surface area contributed by atoms with E-state index in [1.807, 2.05) is 0 Å². The molecule has 0 radical (unpaired) electrons. The van der Waals surface area contributed by atoms with Crippen LogP contribution < -0.4 is 10.9 Å². The lowest BCUT2D eigenvalue weighted by Gasteiger charge is -2.07. The van der Waals surface area contributed by atoms with Crippen LogP contribution in [-0.2, 0) is 0 Å². The van der Waals surface area contributed by atoms with Crippen LogP contribution in [0.1, 0.15) is 31.2 Å². The molecule has 0 saturated heterocycles. The zero-order valence-corrected chi connectivity index (χ0v) is 10.6. The number of carbonyl (C=O) groups excluding carboxylic acids is 2. The van der Waals surface area contributed by atoms with E-state index in [2.05, 4.69) is 21.0 Å². The first kappa shape index (κ1) is 14.1. The molecule has 0 aliphatic rings. The van der Waals surface area contributed by atoms with Gasteiger partial charge in [0, 0.05) is 11.8 Å².